The van der Waals surface area contributed by atoms with Crippen molar-refractivity contribution in [2.45, 2.75) is 13.0 Å². The summed E-state index contributed by atoms with van der Waals surface area (Å²) in [5, 5.41) is 0. The first-order valence-electron chi connectivity index (χ1n) is 8.66. The summed E-state index contributed by atoms with van der Waals surface area (Å²) in [5.41, 5.74) is 1.57. The molecule has 1 fully saturated rings. The second-order valence-electron chi connectivity index (χ2n) is 6.67. The number of rotatable bonds is 4. The molecule has 2 aromatic heterocycles. The van der Waals surface area contributed by atoms with E-state index in [4.69, 9.17) is 0 Å². The summed E-state index contributed by atoms with van der Waals surface area (Å²) in [6.07, 6.45) is 6.64. The zero-order valence-corrected chi connectivity index (χ0v) is 15.2. The van der Waals surface area contributed by atoms with Gasteiger partial charge in [0.2, 0.25) is 0 Å². The predicted molar refractivity (Wildman–Crippen MR) is 97.6 cm³/mol. The molecule has 1 aliphatic rings. The molecule has 0 atom stereocenters. The molecule has 0 bridgehead atoms. The molecule has 0 N–H and O–H groups in total. The summed E-state index contributed by atoms with van der Waals surface area (Å²) < 4.78 is 2.07. The highest BCUT2D eigenvalue weighted by Gasteiger charge is 2.18. The van der Waals surface area contributed by atoms with Gasteiger partial charge in [-0.15, -0.1) is 0 Å². The van der Waals surface area contributed by atoms with Crippen molar-refractivity contribution >= 4 is 11.6 Å². The molecular formula is C18H26N6O. The lowest BCUT2D eigenvalue weighted by Gasteiger charge is -2.24. The Kier molecular flexibility index (Phi) is 5.33. The van der Waals surface area contributed by atoms with Gasteiger partial charge in [0.05, 0.1) is 6.54 Å². The topological polar surface area (TPSA) is 57.5 Å². The molecule has 3 heterocycles. The highest BCUT2D eigenvalue weighted by molar-refractivity contribution is 5.92. The fourth-order valence-electron chi connectivity index (χ4n) is 3.10. The van der Waals surface area contributed by atoms with E-state index in [1.807, 2.05) is 31.6 Å². The Morgan fingerprint density at radius 2 is 2.00 bits per heavy atom. The molecule has 0 spiro atoms. The lowest BCUT2D eigenvalue weighted by molar-refractivity contribution is 0.0822. The van der Waals surface area contributed by atoms with Crippen LogP contribution in [-0.4, -0.2) is 70.5 Å². The van der Waals surface area contributed by atoms with Crippen molar-refractivity contribution in [1.29, 1.82) is 0 Å². The fourth-order valence-corrected chi connectivity index (χ4v) is 3.10. The maximum absolute atomic E-state index is 12.1. The van der Waals surface area contributed by atoms with Gasteiger partial charge in [-0.05, 0) is 18.6 Å². The predicted octanol–water partition coefficient (Wildman–Crippen LogP) is 1.23. The minimum atomic E-state index is -0.0620. The van der Waals surface area contributed by atoms with E-state index >= 15 is 0 Å². The number of hydrogen-bond acceptors (Lipinski definition) is 5. The molecule has 0 saturated carbocycles. The van der Waals surface area contributed by atoms with Crippen molar-refractivity contribution in [3.63, 3.8) is 0 Å². The summed E-state index contributed by atoms with van der Waals surface area (Å²) in [6.45, 7) is 4.82. The molecule has 3 rings (SSSR count). The Morgan fingerprint density at radius 1 is 1.16 bits per heavy atom. The van der Waals surface area contributed by atoms with Crippen LogP contribution in [0.4, 0.5) is 5.69 Å². The van der Waals surface area contributed by atoms with Gasteiger partial charge in [-0.3, -0.25) is 14.7 Å². The van der Waals surface area contributed by atoms with Gasteiger partial charge in [-0.2, -0.15) is 0 Å². The molecule has 0 unspecified atom stereocenters. The first-order valence-corrected chi connectivity index (χ1v) is 8.66. The molecule has 0 aliphatic carbocycles. The van der Waals surface area contributed by atoms with Gasteiger partial charge in [-0.25, -0.2) is 4.98 Å². The Hall–Kier alpha value is -2.41. The molecule has 0 radical (unpaired) electrons. The van der Waals surface area contributed by atoms with Crippen molar-refractivity contribution in [2.24, 2.45) is 7.05 Å². The standard InChI is InChI=1S/C18H26N6O/c1-21(2)18(25)16-13-15(5-6-19-16)24-9-4-8-23(11-12-24)14-17-20-7-10-22(17)3/h5-7,10,13H,4,8-9,11-12,14H2,1-3H3. The number of amides is 1. The third-order valence-electron chi connectivity index (χ3n) is 4.61. The molecule has 2 aromatic rings. The van der Waals surface area contributed by atoms with E-state index in [1.165, 1.54) is 0 Å². The first kappa shape index (κ1) is 17.4. The largest absolute Gasteiger partial charge is 0.370 e. The van der Waals surface area contributed by atoms with Crippen LogP contribution in [0, 0.1) is 0 Å². The number of aryl methyl sites for hydroxylation is 1. The van der Waals surface area contributed by atoms with Crippen molar-refractivity contribution < 1.29 is 4.79 Å². The van der Waals surface area contributed by atoms with E-state index in [0.29, 0.717) is 5.69 Å². The maximum atomic E-state index is 12.1. The van der Waals surface area contributed by atoms with Crippen LogP contribution in [0.5, 0.6) is 0 Å². The van der Waals surface area contributed by atoms with Crippen molar-refractivity contribution in [2.75, 3.05) is 45.2 Å². The van der Waals surface area contributed by atoms with E-state index in [9.17, 15) is 4.79 Å². The number of carbonyl (C=O) groups is 1. The molecular weight excluding hydrogens is 316 g/mol. The van der Waals surface area contributed by atoms with Gasteiger partial charge in [-0.1, -0.05) is 0 Å². The Bertz CT molecular complexity index is 726. The van der Waals surface area contributed by atoms with Crippen molar-refractivity contribution in [3.05, 3.63) is 42.2 Å². The Labute approximate surface area is 148 Å². The second-order valence-corrected chi connectivity index (χ2v) is 6.67. The minimum absolute atomic E-state index is 0.0620. The zero-order valence-electron chi connectivity index (χ0n) is 15.2. The van der Waals surface area contributed by atoms with E-state index in [2.05, 4.69) is 24.3 Å². The molecule has 134 valence electrons. The third kappa shape index (κ3) is 4.17. The fraction of sp³-hybridized carbons (Fsp3) is 0.500. The summed E-state index contributed by atoms with van der Waals surface area (Å²) >= 11 is 0. The normalized spacial score (nSPS) is 15.9. The summed E-state index contributed by atoms with van der Waals surface area (Å²) in [4.78, 5) is 27.1. The van der Waals surface area contributed by atoms with Crippen LogP contribution in [0.2, 0.25) is 0 Å². The molecule has 0 aromatic carbocycles. The average molecular weight is 342 g/mol. The minimum Gasteiger partial charge on any atom is -0.370 e. The van der Waals surface area contributed by atoms with E-state index in [1.54, 1.807) is 25.2 Å². The molecule has 1 saturated heterocycles. The van der Waals surface area contributed by atoms with Crippen molar-refractivity contribution in [3.8, 4) is 0 Å². The quantitative estimate of drug-likeness (QED) is 0.836. The number of hydrogen-bond donors (Lipinski definition) is 0. The number of carbonyl (C=O) groups excluding carboxylic acids is 1. The van der Waals surface area contributed by atoms with Gasteiger partial charge >= 0.3 is 0 Å². The van der Waals surface area contributed by atoms with E-state index in [-0.39, 0.29) is 5.91 Å². The van der Waals surface area contributed by atoms with Crippen LogP contribution >= 0.6 is 0 Å². The van der Waals surface area contributed by atoms with Gasteiger partial charge in [0.1, 0.15) is 11.5 Å². The lowest BCUT2D eigenvalue weighted by Crippen LogP contribution is -2.31. The van der Waals surface area contributed by atoms with Gasteiger partial charge in [0, 0.05) is 71.6 Å². The Morgan fingerprint density at radius 3 is 2.72 bits per heavy atom. The van der Waals surface area contributed by atoms with Crippen LogP contribution in [0.25, 0.3) is 0 Å². The number of nitrogens with zero attached hydrogens (tertiary/aromatic N) is 6. The molecule has 1 aliphatic heterocycles. The summed E-state index contributed by atoms with van der Waals surface area (Å²) in [7, 11) is 5.53. The van der Waals surface area contributed by atoms with Crippen molar-refractivity contribution in [1.82, 2.24) is 24.3 Å². The SMILES string of the molecule is CN(C)C(=O)c1cc(N2CCCN(Cc3nccn3C)CC2)ccn1. The highest BCUT2D eigenvalue weighted by atomic mass is 16.2. The average Bonchev–Trinajstić information content (AvgIpc) is 2.87. The molecule has 7 heteroatoms. The number of pyridine rings is 1. The first-order chi connectivity index (χ1) is 12.0. The van der Waals surface area contributed by atoms with Gasteiger partial charge < -0.3 is 14.4 Å². The van der Waals surface area contributed by atoms with Crippen LogP contribution in [0.15, 0.2) is 30.7 Å². The number of aromatic nitrogens is 3. The number of anilines is 1. The van der Waals surface area contributed by atoms with Crippen LogP contribution in [-0.2, 0) is 13.6 Å². The second kappa shape index (κ2) is 7.65. The summed E-state index contributed by atoms with van der Waals surface area (Å²) in [5.74, 6) is 1.03. The highest BCUT2D eigenvalue weighted by Crippen LogP contribution is 2.18. The van der Waals surface area contributed by atoms with Crippen LogP contribution in [0.3, 0.4) is 0 Å². The third-order valence-corrected chi connectivity index (χ3v) is 4.61. The summed E-state index contributed by atoms with van der Waals surface area (Å²) in [6, 6.07) is 3.89. The monoisotopic (exact) mass is 342 g/mol. The molecule has 25 heavy (non-hydrogen) atoms. The van der Waals surface area contributed by atoms with Gasteiger partial charge in [0.15, 0.2) is 0 Å². The molecule has 1 amide bonds. The maximum Gasteiger partial charge on any atom is 0.272 e. The lowest BCUT2D eigenvalue weighted by atomic mass is 10.2. The van der Waals surface area contributed by atoms with Crippen LogP contribution in [0.1, 0.15) is 22.7 Å². The molecule has 7 nitrogen and oxygen atoms in total. The Balaban J connectivity index is 1.66. The number of imidazole rings is 1. The smallest absolute Gasteiger partial charge is 0.272 e. The van der Waals surface area contributed by atoms with E-state index < -0.39 is 0 Å². The van der Waals surface area contributed by atoms with Crippen LogP contribution < -0.4 is 4.90 Å². The van der Waals surface area contributed by atoms with E-state index in [0.717, 1.165) is 50.7 Å². The zero-order chi connectivity index (χ0) is 17.8. The van der Waals surface area contributed by atoms with Gasteiger partial charge in [0.25, 0.3) is 5.91 Å².